The van der Waals surface area contributed by atoms with Crippen molar-refractivity contribution in [1.29, 1.82) is 0 Å². The van der Waals surface area contributed by atoms with Crippen LogP contribution in [0, 0.1) is 11.6 Å². The zero-order chi connectivity index (χ0) is 16.1. The average Bonchev–Trinajstić information content (AvgIpc) is 2.92. The van der Waals surface area contributed by atoms with Gasteiger partial charge in [-0.2, -0.15) is 0 Å². The molecule has 1 aliphatic heterocycles. The van der Waals surface area contributed by atoms with Gasteiger partial charge in [-0.3, -0.25) is 4.79 Å². The maximum absolute atomic E-state index is 13.0. The fourth-order valence-corrected chi connectivity index (χ4v) is 2.08. The van der Waals surface area contributed by atoms with E-state index in [1.165, 1.54) is 6.07 Å². The van der Waals surface area contributed by atoms with Crippen LogP contribution in [0.4, 0.5) is 8.78 Å². The van der Waals surface area contributed by atoms with E-state index in [9.17, 15) is 23.8 Å². The van der Waals surface area contributed by atoms with Gasteiger partial charge in [0.15, 0.2) is 11.6 Å². The maximum Gasteiger partial charge on any atom is 0.237 e. The minimum absolute atomic E-state index is 0.0449. The van der Waals surface area contributed by atoms with Gasteiger partial charge in [-0.05, 0) is 18.6 Å². The lowest BCUT2D eigenvalue weighted by atomic mass is 10.2. The monoisotopic (exact) mass is 316 g/mol. The second-order valence-electron chi connectivity index (χ2n) is 5.14. The summed E-state index contributed by atoms with van der Waals surface area (Å²) in [6, 6.07) is 2.57. The molecule has 3 atom stereocenters. The van der Waals surface area contributed by atoms with Crippen molar-refractivity contribution in [2.24, 2.45) is 0 Å². The lowest BCUT2D eigenvalue weighted by Gasteiger charge is -2.15. The number of rotatable bonds is 6. The third-order valence-corrected chi connectivity index (χ3v) is 3.27. The van der Waals surface area contributed by atoms with E-state index in [1.54, 1.807) is 0 Å². The number of halogens is 2. The van der Waals surface area contributed by atoms with Crippen LogP contribution in [0.25, 0.3) is 0 Å². The number of amides is 1. The standard InChI is InChI=1S/C14H18F2N2O4/c15-11-2-1-10(4-12(11)16)22-7-9(20)6-18-14(21)13-3-8(19)5-17-13/h1-2,4,8-9,13,17,19-20H,3,5-7H2,(H,18,21)/t8-,9+,13-/m1/s1. The van der Waals surface area contributed by atoms with Crippen LogP contribution in [0.1, 0.15) is 6.42 Å². The fourth-order valence-electron chi connectivity index (χ4n) is 2.08. The Labute approximate surface area is 126 Å². The van der Waals surface area contributed by atoms with Crippen LogP contribution in [-0.4, -0.2) is 54.1 Å². The van der Waals surface area contributed by atoms with Crippen molar-refractivity contribution in [1.82, 2.24) is 10.6 Å². The van der Waals surface area contributed by atoms with Crippen molar-refractivity contribution >= 4 is 5.91 Å². The van der Waals surface area contributed by atoms with E-state index in [1.807, 2.05) is 0 Å². The van der Waals surface area contributed by atoms with Gasteiger partial charge in [-0.15, -0.1) is 0 Å². The SMILES string of the molecule is O=C(NC[C@H](O)COc1ccc(F)c(F)c1)[C@H]1C[C@@H](O)CN1. The summed E-state index contributed by atoms with van der Waals surface area (Å²) in [5.74, 6) is -2.24. The zero-order valence-electron chi connectivity index (χ0n) is 11.8. The van der Waals surface area contributed by atoms with Crippen LogP contribution in [0.5, 0.6) is 5.75 Å². The van der Waals surface area contributed by atoms with Gasteiger partial charge >= 0.3 is 0 Å². The molecule has 8 heteroatoms. The van der Waals surface area contributed by atoms with E-state index in [2.05, 4.69) is 10.6 Å². The minimum Gasteiger partial charge on any atom is -0.491 e. The normalized spacial score (nSPS) is 22.4. The number of hydrogen-bond donors (Lipinski definition) is 4. The van der Waals surface area contributed by atoms with Gasteiger partial charge in [-0.1, -0.05) is 0 Å². The maximum atomic E-state index is 13.0. The van der Waals surface area contributed by atoms with E-state index in [4.69, 9.17) is 4.74 Å². The molecule has 0 unspecified atom stereocenters. The number of hydrogen-bond acceptors (Lipinski definition) is 5. The van der Waals surface area contributed by atoms with Gasteiger partial charge in [0.1, 0.15) is 18.5 Å². The largest absolute Gasteiger partial charge is 0.491 e. The summed E-state index contributed by atoms with van der Waals surface area (Å²) in [6.45, 7) is 0.142. The molecule has 1 saturated heterocycles. The first-order valence-electron chi connectivity index (χ1n) is 6.91. The number of nitrogens with one attached hydrogen (secondary N) is 2. The number of carbonyl (C=O) groups excluding carboxylic acids is 1. The molecule has 6 nitrogen and oxygen atoms in total. The van der Waals surface area contributed by atoms with Gasteiger partial charge in [0.2, 0.25) is 5.91 Å². The summed E-state index contributed by atoms with van der Waals surface area (Å²) >= 11 is 0. The highest BCUT2D eigenvalue weighted by Gasteiger charge is 2.28. The number of aliphatic hydroxyl groups is 2. The molecule has 22 heavy (non-hydrogen) atoms. The van der Waals surface area contributed by atoms with Gasteiger partial charge in [0.05, 0.1) is 12.1 Å². The molecular formula is C14H18F2N2O4. The number of carbonyl (C=O) groups is 1. The third kappa shape index (κ3) is 4.62. The molecule has 4 N–H and O–H groups in total. The van der Waals surface area contributed by atoms with Crippen molar-refractivity contribution in [3.63, 3.8) is 0 Å². The van der Waals surface area contributed by atoms with Crippen LogP contribution >= 0.6 is 0 Å². The number of ether oxygens (including phenoxy) is 1. The van der Waals surface area contributed by atoms with Crippen molar-refractivity contribution < 1.29 is 28.5 Å². The highest BCUT2D eigenvalue weighted by Crippen LogP contribution is 2.15. The summed E-state index contributed by atoms with van der Waals surface area (Å²) in [5.41, 5.74) is 0. The van der Waals surface area contributed by atoms with Crippen molar-refractivity contribution in [3.8, 4) is 5.75 Å². The highest BCUT2D eigenvalue weighted by molar-refractivity contribution is 5.82. The first-order chi connectivity index (χ1) is 10.5. The molecule has 1 amide bonds. The van der Waals surface area contributed by atoms with Crippen LogP contribution in [0.2, 0.25) is 0 Å². The Morgan fingerprint density at radius 2 is 2.23 bits per heavy atom. The predicted octanol–water partition coefficient (Wildman–Crippen LogP) is -0.457. The molecule has 0 spiro atoms. The molecule has 1 aromatic carbocycles. The lowest BCUT2D eigenvalue weighted by molar-refractivity contribution is -0.123. The molecule has 1 fully saturated rings. The second kappa shape index (κ2) is 7.48. The molecule has 1 heterocycles. The molecule has 1 aliphatic rings. The van der Waals surface area contributed by atoms with Crippen LogP contribution in [0.15, 0.2) is 18.2 Å². The van der Waals surface area contributed by atoms with Crippen LogP contribution in [0.3, 0.4) is 0 Å². The van der Waals surface area contributed by atoms with Gasteiger partial charge < -0.3 is 25.6 Å². The van der Waals surface area contributed by atoms with E-state index >= 15 is 0 Å². The first kappa shape index (κ1) is 16.6. The van der Waals surface area contributed by atoms with Crippen molar-refractivity contribution in [2.45, 2.75) is 24.7 Å². The fraction of sp³-hybridized carbons (Fsp3) is 0.500. The highest BCUT2D eigenvalue weighted by atomic mass is 19.2. The van der Waals surface area contributed by atoms with Crippen molar-refractivity contribution in [3.05, 3.63) is 29.8 Å². The van der Waals surface area contributed by atoms with E-state index in [0.29, 0.717) is 13.0 Å². The Morgan fingerprint density at radius 1 is 1.45 bits per heavy atom. The first-order valence-corrected chi connectivity index (χ1v) is 6.91. The molecule has 1 aromatic rings. The molecule has 0 radical (unpaired) electrons. The molecule has 2 rings (SSSR count). The van der Waals surface area contributed by atoms with Gasteiger partial charge in [0, 0.05) is 19.2 Å². The smallest absolute Gasteiger partial charge is 0.237 e. The Balaban J connectivity index is 1.70. The molecular weight excluding hydrogens is 298 g/mol. The summed E-state index contributed by atoms with van der Waals surface area (Å²) < 4.78 is 30.8. The zero-order valence-corrected chi connectivity index (χ0v) is 11.8. The quantitative estimate of drug-likeness (QED) is 0.570. The lowest BCUT2D eigenvalue weighted by Crippen LogP contribution is -2.44. The number of benzene rings is 1. The Bertz CT molecular complexity index is 530. The molecule has 0 aromatic heterocycles. The molecule has 122 valence electrons. The van der Waals surface area contributed by atoms with Gasteiger partial charge in [-0.25, -0.2) is 8.78 Å². The summed E-state index contributed by atoms with van der Waals surface area (Å²) in [6.07, 6.45) is -1.21. The Hall–Kier alpha value is -1.77. The van der Waals surface area contributed by atoms with E-state index in [0.717, 1.165) is 12.1 Å². The van der Waals surface area contributed by atoms with E-state index < -0.39 is 29.9 Å². The van der Waals surface area contributed by atoms with Gasteiger partial charge in [0.25, 0.3) is 0 Å². The Morgan fingerprint density at radius 3 is 2.86 bits per heavy atom. The van der Waals surface area contributed by atoms with E-state index in [-0.39, 0.29) is 24.8 Å². The molecule has 0 aliphatic carbocycles. The average molecular weight is 316 g/mol. The van der Waals surface area contributed by atoms with Crippen molar-refractivity contribution in [2.75, 3.05) is 19.7 Å². The van der Waals surface area contributed by atoms with Crippen LogP contribution in [-0.2, 0) is 4.79 Å². The number of aliphatic hydroxyl groups excluding tert-OH is 2. The predicted molar refractivity (Wildman–Crippen MR) is 73.3 cm³/mol. The minimum atomic E-state index is -1.04. The summed E-state index contributed by atoms with van der Waals surface area (Å²) in [5, 5.41) is 24.4. The molecule has 0 bridgehead atoms. The topological polar surface area (TPSA) is 90.8 Å². The van der Waals surface area contributed by atoms with Crippen LogP contribution < -0.4 is 15.4 Å². The third-order valence-electron chi connectivity index (χ3n) is 3.27. The second-order valence-corrected chi connectivity index (χ2v) is 5.14. The number of β-amino-alcohol motifs (C(OH)–C–C–N with tert-alkyl or cyclic N) is 1. The Kier molecular flexibility index (Phi) is 5.64. The summed E-state index contributed by atoms with van der Waals surface area (Å²) in [7, 11) is 0. The molecule has 0 saturated carbocycles. The summed E-state index contributed by atoms with van der Waals surface area (Å²) in [4.78, 5) is 11.7.